The van der Waals surface area contributed by atoms with E-state index in [1.165, 1.54) is 11.3 Å². The van der Waals surface area contributed by atoms with Crippen LogP contribution < -0.4 is 14.8 Å². The number of fused-ring (bicyclic) bond motifs is 1. The number of methoxy groups -OCH3 is 3. The highest BCUT2D eigenvalue weighted by Gasteiger charge is 2.27. The number of carbonyl (C=O) groups excluding carboxylic acids is 1. The number of imidazole rings is 1. The number of amides is 1. The molecule has 1 atom stereocenters. The van der Waals surface area contributed by atoms with E-state index >= 15 is 0 Å². The van der Waals surface area contributed by atoms with E-state index in [2.05, 4.69) is 20.3 Å². The minimum atomic E-state index is -0.518. The topological polar surface area (TPSA) is 100 Å². The third-order valence-corrected chi connectivity index (χ3v) is 6.50. The molecule has 1 N–H and O–H groups in total. The summed E-state index contributed by atoms with van der Waals surface area (Å²) < 4.78 is 18.1. The van der Waals surface area contributed by atoms with Gasteiger partial charge in [0, 0.05) is 32.1 Å². The highest BCUT2D eigenvalue weighted by Crippen LogP contribution is 2.36. The van der Waals surface area contributed by atoms with Crippen LogP contribution in [0.15, 0.2) is 36.7 Å². The highest BCUT2D eigenvalue weighted by molar-refractivity contribution is 7.20. The normalized spacial score (nSPS) is 12.0. The minimum absolute atomic E-state index is 0.246. The van der Waals surface area contributed by atoms with Crippen LogP contribution in [0.2, 0.25) is 0 Å². The first-order valence-electron chi connectivity index (χ1n) is 10.2. The predicted molar refractivity (Wildman–Crippen MR) is 125 cm³/mol. The van der Waals surface area contributed by atoms with Crippen molar-refractivity contribution in [1.82, 2.24) is 24.8 Å². The van der Waals surface area contributed by atoms with E-state index in [1.54, 1.807) is 27.5 Å². The number of aryl methyl sites for hydroxylation is 2. The highest BCUT2D eigenvalue weighted by atomic mass is 32.1. The molecule has 33 heavy (non-hydrogen) atoms. The van der Waals surface area contributed by atoms with Crippen molar-refractivity contribution in [3.8, 4) is 11.6 Å². The number of thiophene rings is 1. The van der Waals surface area contributed by atoms with Gasteiger partial charge in [-0.1, -0.05) is 18.2 Å². The first-order chi connectivity index (χ1) is 16.0. The van der Waals surface area contributed by atoms with Crippen molar-refractivity contribution in [1.29, 1.82) is 0 Å². The summed E-state index contributed by atoms with van der Waals surface area (Å²) in [5.41, 5.74) is 1.56. The molecule has 9 nitrogen and oxygen atoms in total. The average Bonchev–Trinajstić information content (AvgIpc) is 3.40. The number of carbonyl (C=O) groups is 1. The van der Waals surface area contributed by atoms with Crippen molar-refractivity contribution < 1.29 is 19.0 Å². The van der Waals surface area contributed by atoms with Gasteiger partial charge in [-0.3, -0.25) is 4.79 Å². The van der Waals surface area contributed by atoms with Gasteiger partial charge in [-0.25, -0.2) is 9.97 Å². The van der Waals surface area contributed by atoms with Gasteiger partial charge in [-0.05, 0) is 18.6 Å². The summed E-state index contributed by atoms with van der Waals surface area (Å²) in [6, 6.07) is 7.05. The minimum Gasteiger partial charge on any atom is -0.496 e. The summed E-state index contributed by atoms with van der Waals surface area (Å²) >= 11 is 1.29. The summed E-state index contributed by atoms with van der Waals surface area (Å²) in [5, 5.41) is 3.86. The average molecular weight is 468 g/mol. The number of ether oxygens (including phenoxy) is 3. The van der Waals surface area contributed by atoms with Crippen molar-refractivity contribution in [3.63, 3.8) is 0 Å². The molecule has 1 amide bonds. The number of hydrogen-bond acceptors (Lipinski definition) is 8. The number of benzene rings is 1. The fourth-order valence-corrected chi connectivity index (χ4v) is 4.83. The first kappa shape index (κ1) is 22.7. The van der Waals surface area contributed by atoms with Crippen LogP contribution in [0.25, 0.3) is 10.2 Å². The second-order valence-electron chi connectivity index (χ2n) is 7.36. The smallest absolute Gasteiger partial charge is 0.262 e. The Kier molecular flexibility index (Phi) is 6.57. The Morgan fingerprint density at radius 1 is 1.18 bits per heavy atom. The molecular weight excluding hydrogens is 442 g/mol. The van der Waals surface area contributed by atoms with Gasteiger partial charge in [-0.2, -0.15) is 4.98 Å². The molecule has 172 valence electrons. The van der Waals surface area contributed by atoms with E-state index < -0.39 is 6.04 Å². The lowest BCUT2D eigenvalue weighted by molar-refractivity contribution is 0.0944. The van der Waals surface area contributed by atoms with Gasteiger partial charge < -0.3 is 24.1 Å². The Morgan fingerprint density at radius 2 is 1.97 bits per heavy atom. The second kappa shape index (κ2) is 9.55. The van der Waals surface area contributed by atoms with Crippen LogP contribution >= 0.6 is 11.3 Å². The molecule has 1 aromatic carbocycles. The zero-order valence-corrected chi connectivity index (χ0v) is 19.9. The van der Waals surface area contributed by atoms with Gasteiger partial charge in [0.2, 0.25) is 5.88 Å². The van der Waals surface area contributed by atoms with E-state index in [4.69, 9.17) is 14.2 Å². The monoisotopic (exact) mass is 467 g/mol. The lowest BCUT2D eigenvalue weighted by Crippen LogP contribution is -2.31. The number of hydrogen-bond donors (Lipinski definition) is 1. The van der Waals surface area contributed by atoms with Crippen molar-refractivity contribution in [3.05, 3.63) is 64.3 Å². The van der Waals surface area contributed by atoms with Crippen LogP contribution in [-0.4, -0.2) is 46.8 Å². The van der Waals surface area contributed by atoms with Gasteiger partial charge >= 0.3 is 0 Å². The maximum absolute atomic E-state index is 13.5. The summed E-state index contributed by atoms with van der Waals surface area (Å²) in [7, 11) is 6.62. The summed E-state index contributed by atoms with van der Waals surface area (Å²) in [5.74, 6) is 2.02. The lowest BCUT2D eigenvalue weighted by Gasteiger charge is -2.21. The zero-order chi connectivity index (χ0) is 23.5. The van der Waals surface area contributed by atoms with Crippen molar-refractivity contribution in [2.45, 2.75) is 19.6 Å². The fraction of sp³-hybridized carbons (Fsp3) is 0.304. The molecule has 4 aromatic rings. The summed E-state index contributed by atoms with van der Waals surface area (Å²) in [6.45, 7) is 2.12. The molecule has 3 heterocycles. The van der Waals surface area contributed by atoms with E-state index in [9.17, 15) is 4.79 Å². The molecule has 1 unspecified atom stereocenters. The van der Waals surface area contributed by atoms with E-state index in [0.717, 1.165) is 16.5 Å². The summed E-state index contributed by atoms with van der Waals surface area (Å²) in [6.07, 6.45) is 3.54. The SMILES string of the molecule is COCc1nc(OC)c2c(C)c(C(=O)NC(c3ccccc3OC)c3nccn3C)sc2n1. The van der Waals surface area contributed by atoms with Gasteiger partial charge in [0.05, 0.1) is 24.5 Å². The quantitative estimate of drug-likeness (QED) is 0.424. The molecule has 0 radical (unpaired) electrons. The lowest BCUT2D eigenvalue weighted by atomic mass is 10.0. The standard InChI is InChI=1S/C23H25N5O4S/c1-13-17-22(32-5)25-16(12-30-3)26-23(17)33-19(13)21(29)27-18(20-24-10-11-28(20)2)14-8-6-7-9-15(14)31-4/h6-11,18H,12H2,1-5H3,(H,27,29). The predicted octanol–water partition coefficient (Wildman–Crippen LogP) is 3.42. The number of para-hydroxylation sites is 1. The molecule has 0 aliphatic rings. The van der Waals surface area contributed by atoms with Crippen molar-refractivity contribution in [2.24, 2.45) is 7.05 Å². The van der Waals surface area contributed by atoms with Crippen LogP contribution in [0.3, 0.4) is 0 Å². The van der Waals surface area contributed by atoms with Crippen molar-refractivity contribution in [2.75, 3.05) is 21.3 Å². The van der Waals surface area contributed by atoms with Gasteiger partial charge in [0.1, 0.15) is 29.1 Å². The van der Waals surface area contributed by atoms with E-state index in [1.807, 2.05) is 49.0 Å². The number of aromatic nitrogens is 4. The van der Waals surface area contributed by atoms with Crippen LogP contribution in [0.1, 0.15) is 38.5 Å². The Morgan fingerprint density at radius 3 is 2.64 bits per heavy atom. The van der Waals surface area contributed by atoms with Crippen molar-refractivity contribution >= 4 is 27.5 Å². The number of nitrogens with one attached hydrogen (secondary N) is 1. The molecule has 0 saturated heterocycles. The third-order valence-electron chi connectivity index (χ3n) is 5.32. The number of nitrogens with zero attached hydrogens (tertiary/aromatic N) is 4. The first-order valence-corrected chi connectivity index (χ1v) is 11.0. The van der Waals surface area contributed by atoms with Gasteiger partial charge in [0.15, 0.2) is 5.82 Å². The zero-order valence-electron chi connectivity index (χ0n) is 19.1. The maximum Gasteiger partial charge on any atom is 0.262 e. The fourth-order valence-electron chi connectivity index (χ4n) is 3.74. The molecule has 0 aliphatic carbocycles. The van der Waals surface area contributed by atoms with Crippen LogP contribution in [0.4, 0.5) is 0 Å². The second-order valence-corrected chi connectivity index (χ2v) is 8.36. The molecule has 0 aliphatic heterocycles. The largest absolute Gasteiger partial charge is 0.496 e. The molecule has 0 saturated carbocycles. The Labute approximate surface area is 195 Å². The molecule has 0 spiro atoms. The molecule has 0 bridgehead atoms. The van der Waals surface area contributed by atoms with Crippen LogP contribution in [-0.2, 0) is 18.4 Å². The Balaban J connectivity index is 1.77. The molecule has 0 fully saturated rings. The Hall–Kier alpha value is -3.50. The molecule has 3 aromatic heterocycles. The Bertz CT molecular complexity index is 1300. The van der Waals surface area contributed by atoms with E-state index in [0.29, 0.717) is 33.0 Å². The third kappa shape index (κ3) is 4.27. The van der Waals surface area contributed by atoms with E-state index in [-0.39, 0.29) is 12.5 Å². The van der Waals surface area contributed by atoms with Crippen LogP contribution in [0.5, 0.6) is 11.6 Å². The van der Waals surface area contributed by atoms with Gasteiger partial charge in [-0.15, -0.1) is 11.3 Å². The molecule has 4 rings (SSSR count). The summed E-state index contributed by atoms with van der Waals surface area (Å²) in [4.78, 5) is 28.2. The molecular formula is C23H25N5O4S. The molecule has 10 heteroatoms. The maximum atomic E-state index is 13.5. The van der Waals surface area contributed by atoms with Crippen LogP contribution in [0, 0.1) is 6.92 Å². The number of rotatable bonds is 8. The van der Waals surface area contributed by atoms with Gasteiger partial charge in [0.25, 0.3) is 5.91 Å².